The van der Waals surface area contributed by atoms with Crippen LogP contribution in [0.3, 0.4) is 0 Å². The van der Waals surface area contributed by atoms with E-state index >= 15 is 0 Å². The average Bonchev–Trinajstić information content (AvgIpc) is 3.25. The fourth-order valence-electron chi connectivity index (χ4n) is 3.67. The molecular formula is C20H18FN5O. The molecule has 1 aliphatic rings. The smallest absolute Gasteiger partial charge is 0.155 e. The van der Waals surface area contributed by atoms with Crippen LogP contribution in [0.4, 0.5) is 4.39 Å². The number of fused-ring (bicyclic) bond motifs is 2. The van der Waals surface area contributed by atoms with Gasteiger partial charge in [-0.25, -0.2) is 9.37 Å². The molecule has 5 rings (SSSR count). The highest BCUT2D eigenvalue weighted by molar-refractivity contribution is 5.97. The lowest BCUT2D eigenvalue weighted by Crippen LogP contribution is -2.25. The maximum atomic E-state index is 13.5. The Bertz CT molecular complexity index is 1150. The molecule has 27 heavy (non-hydrogen) atoms. The molecule has 0 saturated carbocycles. The van der Waals surface area contributed by atoms with E-state index in [2.05, 4.69) is 15.2 Å². The van der Waals surface area contributed by atoms with Gasteiger partial charge in [0, 0.05) is 27.8 Å². The summed E-state index contributed by atoms with van der Waals surface area (Å²) in [6.45, 7) is 5.15. The van der Waals surface area contributed by atoms with Crippen molar-refractivity contribution in [2.24, 2.45) is 0 Å². The number of pyridine rings is 1. The zero-order valence-corrected chi connectivity index (χ0v) is 15.0. The highest BCUT2D eigenvalue weighted by Crippen LogP contribution is 2.39. The number of aryl methyl sites for hydroxylation is 1. The van der Waals surface area contributed by atoms with E-state index in [1.54, 1.807) is 18.3 Å². The maximum Gasteiger partial charge on any atom is 0.155 e. The number of ether oxygens (including phenoxy) is 1. The van der Waals surface area contributed by atoms with Gasteiger partial charge in [0.25, 0.3) is 0 Å². The summed E-state index contributed by atoms with van der Waals surface area (Å²) in [7, 11) is 0. The van der Waals surface area contributed by atoms with Crippen molar-refractivity contribution in [2.45, 2.75) is 33.1 Å². The highest BCUT2D eigenvalue weighted by Gasteiger charge is 2.27. The standard InChI is InChI=1S/C20H18FN5O/c1-11-7-15(16-8-22-24-20(16)23-11)18-17-10-27-12(2)9-26(17)25-19(18)13-3-5-14(21)6-4-13/h3-8,12H,9-10H2,1-2H3,(H,22,23,24)/t12-/m1/s1. The second-order valence-electron chi connectivity index (χ2n) is 6.92. The number of aromatic nitrogens is 5. The third-order valence-electron chi connectivity index (χ3n) is 4.93. The van der Waals surface area contributed by atoms with E-state index < -0.39 is 0 Å². The zero-order valence-electron chi connectivity index (χ0n) is 15.0. The van der Waals surface area contributed by atoms with Crippen molar-refractivity contribution < 1.29 is 9.13 Å². The van der Waals surface area contributed by atoms with E-state index in [0.29, 0.717) is 13.2 Å². The molecule has 0 radical (unpaired) electrons. The number of rotatable bonds is 2. The first kappa shape index (κ1) is 16.1. The number of hydrogen-bond donors (Lipinski definition) is 1. The van der Waals surface area contributed by atoms with Gasteiger partial charge in [0.05, 0.1) is 31.1 Å². The predicted octanol–water partition coefficient (Wildman–Crippen LogP) is 3.85. The first-order chi connectivity index (χ1) is 13.1. The molecule has 0 spiro atoms. The van der Waals surface area contributed by atoms with Crippen LogP contribution in [-0.4, -0.2) is 31.1 Å². The van der Waals surface area contributed by atoms with E-state index in [4.69, 9.17) is 9.84 Å². The van der Waals surface area contributed by atoms with Gasteiger partial charge in [0.15, 0.2) is 5.65 Å². The Kier molecular flexibility index (Phi) is 3.58. The van der Waals surface area contributed by atoms with Gasteiger partial charge >= 0.3 is 0 Å². The maximum absolute atomic E-state index is 13.5. The van der Waals surface area contributed by atoms with Crippen LogP contribution < -0.4 is 0 Å². The number of hydrogen-bond acceptors (Lipinski definition) is 4. The zero-order chi connectivity index (χ0) is 18.5. The van der Waals surface area contributed by atoms with Gasteiger partial charge < -0.3 is 4.74 Å². The lowest BCUT2D eigenvalue weighted by atomic mass is 9.96. The van der Waals surface area contributed by atoms with Crippen molar-refractivity contribution in [1.82, 2.24) is 25.0 Å². The van der Waals surface area contributed by atoms with Gasteiger partial charge in [-0.1, -0.05) is 0 Å². The Balaban J connectivity index is 1.82. The molecule has 6 nitrogen and oxygen atoms in total. The molecule has 1 N–H and O–H groups in total. The number of nitrogens with zero attached hydrogens (tertiary/aromatic N) is 4. The molecule has 0 amide bonds. The quantitative estimate of drug-likeness (QED) is 0.587. The van der Waals surface area contributed by atoms with Crippen LogP contribution in [0.5, 0.6) is 0 Å². The van der Waals surface area contributed by atoms with Crippen molar-refractivity contribution in [3.63, 3.8) is 0 Å². The number of halogens is 1. The lowest BCUT2D eigenvalue weighted by Gasteiger charge is -2.21. The Morgan fingerprint density at radius 2 is 2.07 bits per heavy atom. The van der Waals surface area contributed by atoms with Crippen LogP contribution in [0.2, 0.25) is 0 Å². The second kappa shape index (κ2) is 5.99. The number of H-pyrrole nitrogens is 1. The van der Waals surface area contributed by atoms with E-state index in [1.807, 2.05) is 24.6 Å². The first-order valence-electron chi connectivity index (χ1n) is 8.88. The molecule has 0 saturated heterocycles. The molecule has 0 fully saturated rings. The molecule has 0 unspecified atom stereocenters. The van der Waals surface area contributed by atoms with Crippen LogP contribution in [0, 0.1) is 12.7 Å². The topological polar surface area (TPSA) is 68.6 Å². The van der Waals surface area contributed by atoms with Crippen LogP contribution >= 0.6 is 0 Å². The van der Waals surface area contributed by atoms with Crippen molar-refractivity contribution in [1.29, 1.82) is 0 Å². The van der Waals surface area contributed by atoms with Crippen LogP contribution in [0.1, 0.15) is 18.3 Å². The molecular weight excluding hydrogens is 345 g/mol. The van der Waals surface area contributed by atoms with Crippen LogP contribution in [-0.2, 0) is 17.9 Å². The normalized spacial score (nSPS) is 16.6. The van der Waals surface area contributed by atoms with Crippen LogP contribution in [0.25, 0.3) is 33.4 Å². The second-order valence-corrected chi connectivity index (χ2v) is 6.92. The third kappa shape index (κ3) is 2.62. The number of benzene rings is 1. The van der Waals surface area contributed by atoms with E-state index in [0.717, 1.165) is 44.8 Å². The minimum atomic E-state index is -0.266. The molecule has 136 valence electrons. The van der Waals surface area contributed by atoms with E-state index in [1.165, 1.54) is 12.1 Å². The van der Waals surface area contributed by atoms with Gasteiger partial charge in [0.2, 0.25) is 0 Å². The summed E-state index contributed by atoms with van der Waals surface area (Å²) in [5.74, 6) is -0.266. The lowest BCUT2D eigenvalue weighted by molar-refractivity contribution is 0.0128. The highest BCUT2D eigenvalue weighted by atomic mass is 19.1. The molecule has 0 bridgehead atoms. The molecule has 0 aliphatic carbocycles. The first-order valence-corrected chi connectivity index (χ1v) is 8.88. The molecule has 3 aromatic heterocycles. The summed E-state index contributed by atoms with van der Waals surface area (Å²) in [6, 6.07) is 8.49. The minimum Gasteiger partial charge on any atom is -0.370 e. The summed E-state index contributed by atoms with van der Waals surface area (Å²) in [5, 5.41) is 12.9. The molecule has 1 atom stereocenters. The van der Waals surface area contributed by atoms with Crippen molar-refractivity contribution in [3.8, 4) is 22.4 Å². The predicted molar refractivity (Wildman–Crippen MR) is 99.5 cm³/mol. The van der Waals surface area contributed by atoms with E-state index in [9.17, 15) is 4.39 Å². The van der Waals surface area contributed by atoms with Gasteiger partial charge in [-0.05, 0) is 44.2 Å². The van der Waals surface area contributed by atoms with Gasteiger partial charge in [0.1, 0.15) is 11.5 Å². The Morgan fingerprint density at radius 1 is 1.26 bits per heavy atom. The fraction of sp³-hybridized carbons (Fsp3) is 0.250. The largest absolute Gasteiger partial charge is 0.370 e. The Hall–Kier alpha value is -3.06. The fourth-order valence-corrected chi connectivity index (χ4v) is 3.67. The van der Waals surface area contributed by atoms with Crippen molar-refractivity contribution >= 4 is 11.0 Å². The third-order valence-corrected chi connectivity index (χ3v) is 4.93. The van der Waals surface area contributed by atoms with E-state index in [-0.39, 0.29) is 11.9 Å². The van der Waals surface area contributed by atoms with Gasteiger partial charge in [-0.2, -0.15) is 10.2 Å². The molecule has 1 aromatic carbocycles. The van der Waals surface area contributed by atoms with Crippen molar-refractivity contribution in [2.75, 3.05) is 0 Å². The van der Waals surface area contributed by atoms with Gasteiger partial charge in [-0.15, -0.1) is 0 Å². The summed E-state index contributed by atoms with van der Waals surface area (Å²) in [5.41, 5.74) is 6.32. The summed E-state index contributed by atoms with van der Waals surface area (Å²) in [6.07, 6.45) is 1.88. The molecule has 4 aromatic rings. The number of aromatic amines is 1. The molecule has 4 heterocycles. The SMILES string of the molecule is Cc1cc(-c2c(-c3ccc(F)cc3)nn3c2CO[C@H](C)C3)c2cn[nH]c2n1. The Morgan fingerprint density at radius 3 is 2.89 bits per heavy atom. The Labute approximate surface area is 155 Å². The average molecular weight is 363 g/mol. The van der Waals surface area contributed by atoms with Crippen molar-refractivity contribution in [3.05, 3.63) is 53.7 Å². The van der Waals surface area contributed by atoms with Gasteiger partial charge in [-0.3, -0.25) is 9.78 Å². The summed E-state index contributed by atoms with van der Waals surface area (Å²) >= 11 is 0. The van der Waals surface area contributed by atoms with Crippen LogP contribution in [0.15, 0.2) is 36.5 Å². The number of nitrogens with one attached hydrogen (secondary N) is 1. The molecule has 7 heteroatoms. The molecule has 1 aliphatic heterocycles. The minimum absolute atomic E-state index is 0.0967. The summed E-state index contributed by atoms with van der Waals surface area (Å²) in [4.78, 5) is 4.52. The monoisotopic (exact) mass is 363 g/mol. The summed E-state index contributed by atoms with van der Waals surface area (Å²) < 4.78 is 21.4.